The summed E-state index contributed by atoms with van der Waals surface area (Å²) in [7, 11) is 6.08. The molecule has 0 saturated carbocycles. The molecular weight excluding hydrogens is 434 g/mol. The molecule has 0 bridgehead atoms. The Bertz CT molecular complexity index is 1160. The van der Waals surface area contributed by atoms with Gasteiger partial charge in [0.2, 0.25) is 0 Å². The molecule has 7 heteroatoms. The van der Waals surface area contributed by atoms with E-state index in [1.165, 1.54) is 7.11 Å². The molecule has 0 saturated heterocycles. The third kappa shape index (κ3) is 4.06. The molecule has 0 aromatic heterocycles. The molecule has 178 valence electrons. The summed E-state index contributed by atoms with van der Waals surface area (Å²) in [4.78, 5) is 31.3. The molecule has 3 atom stereocenters. The lowest BCUT2D eigenvalue weighted by atomic mass is 9.69. The number of esters is 1. The second-order valence-electron chi connectivity index (χ2n) is 8.48. The average molecular weight is 464 g/mol. The summed E-state index contributed by atoms with van der Waals surface area (Å²) in [6.45, 7) is 1.81. The van der Waals surface area contributed by atoms with Gasteiger partial charge in [0.1, 0.15) is 11.7 Å². The highest BCUT2D eigenvalue weighted by Crippen LogP contribution is 2.50. The lowest BCUT2D eigenvalue weighted by Gasteiger charge is -2.37. The molecule has 0 fully saturated rings. The number of benzene rings is 2. The second-order valence-corrected chi connectivity index (χ2v) is 8.48. The number of para-hydroxylation sites is 1. The Kier molecular flexibility index (Phi) is 6.72. The number of Topliss-reactive ketones (excluding diaryl/α,β-unsaturated/α-hetero) is 1. The first-order valence-electron chi connectivity index (χ1n) is 11.2. The number of ketones is 1. The third-order valence-electron chi connectivity index (χ3n) is 6.70. The van der Waals surface area contributed by atoms with Crippen LogP contribution in [-0.2, 0) is 14.3 Å². The normalized spacial score (nSPS) is 22.0. The van der Waals surface area contributed by atoms with E-state index < -0.39 is 17.8 Å². The van der Waals surface area contributed by atoms with Crippen molar-refractivity contribution in [3.05, 3.63) is 64.9 Å². The zero-order valence-electron chi connectivity index (χ0n) is 20.1. The van der Waals surface area contributed by atoms with Crippen LogP contribution in [0, 0.1) is 5.92 Å². The minimum absolute atomic E-state index is 0.00348. The minimum Gasteiger partial charge on any atom is -0.497 e. The van der Waals surface area contributed by atoms with E-state index in [0.717, 1.165) is 11.3 Å². The highest BCUT2D eigenvalue weighted by atomic mass is 16.5. The number of hydrogen-bond acceptors (Lipinski definition) is 7. The Balaban J connectivity index is 1.84. The van der Waals surface area contributed by atoms with Crippen molar-refractivity contribution in [1.29, 1.82) is 0 Å². The van der Waals surface area contributed by atoms with Gasteiger partial charge in [0.15, 0.2) is 17.3 Å². The van der Waals surface area contributed by atoms with Crippen molar-refractivity contribution >= 4 is 17.5 Å². The molecule has 0 spiro atoms. The first-order valence-corrected chi connectivity index (χ1v) is 11.2. The quantitative estimate of drug-likeness (QED) is 0.588. The van der Waals surface area contributed by atoms with E-state index in [4.69, 9.17) is 23.9 Å². The van der Waals surface area contributed by atoms with Gasteiger partial charge in [-0.25, -0.2) is 0 Å². The van der Waals surface area contributed by atoms with Gasteiger partial charge in [0.05, 0.1) is 28.4 Å². The summed E-state index contributed by atoms with van der Waals surface area (Å²) >= 11 is 0. The molecule has 1 heterocycles. The molecular formula is C27H29NO6. The van der Waals surface area contributed by atoms with Gasteiger partial charge in [0.25, 0.3) is 0 Å². The van der Waals surface area contributed by atoms with Crippen LogP contribution in [0.1, 0.15) is 42.7 Å². The Morgan fingerprint density at radius 1 is 0.941 bits per heavy atom. The fourth-order valence-electron chi connectivity index (χ4n) is 5.10. The number of methoxy groups -OCH3 is 4. The highest BCUT2D eigenvalue weighted by Gasteiger charge is 2.45. The number of carbonyl (C=O) groups is 2. The van der Waals surface area contributed by atoms with E-state index in [0.29, 0.717) is 46.9 Å². The van der Waals surface area contributed by atoms with Crippen LogP contribution in [0.15, 0.2) is 58.7 Å². The molecule has 2 aromatic carbocycles. The maximum Gasteiger partial charge on any atom is 0.315 e. The Hall–Kier alpha value is -3.61. The molecule has 0 N–H and O–H groups in total. The number of hydrogen-bond donors (Lipinski definition) is 0. The molecule has 1 aliphatic carbocycles. The van der Waals surface area contributed by atoms with E-state index in [2.05, 4.69) is 0 Å². The van der Waals surface area contributed by atoms with Crippen molar-refractivity contribution in [3.8, 4) is 17.2 Å². The smallest absolute Gasteiger partial charge is 0.315 e. The zero-order valence-corrected chi connectivity index (χ0v) is 20.1. The van der Waals surface area contributed by atoms with Crippen LogP contribution >= 0.6 is 0 Å². The van der Waals surface area contributed by atoms with Crippen molar-refractivity contribution in [2.45, 2.75) is 31.6 Å². The summed E-state index contributed by atoms with van der Waals surface area (Å²) in [5.74, 6) is 0.0240. The number of carbonyl (C=O) groups excluding carboxylic acids is 2. The summed E-state index contributed by atoms with van der Waals surface area (Å²) in [5, 5.41) is 0. The van der Waals surface area contributed by atoms with E-state index in [1.54, 1.807) is 27.4 Å². The maximum atomic E-state index is 13.7. The zero-order chi connectivity index (χ0) is 24.4. The Labute approximate surface area is 199 Å². The molecule has 2 aromatic rings. The third-order valence-corrected chi connectivity index (χ3v) is 6.70. The predicted octanol–water partition coefficient (Wildman–Crippen LogP) is 4.46. The SMILES string of the molecule is COC(=O)C1C(C)=NC2=C(C(=O)CC(c3ccc(OC)cc3)C2)C1c1cccc(OC)c1OC. The molecule has 3 unspecified atom stereocenters. The second kappa shape index (κ2) is 9.71. The largest absolute Gasteiger partial charge is 0.497 e. The van der Waals surface area contributed by atoms with Crippen molar-refractivity contribution in [1.82, 2.24) is 0 Å². The van der Waals surface area contributed by atoms with Gasteiger partial charge in [-0.05, 0) is 43.0 Å². The molecule has 7 nitrogen and oxygen atoms in total. The van der Waals surface area contributed by atoms with E-state index in [1.807, 2.05) is 43.3 Å². The number of nitrogens with zero attached hydrogens (tertiary/aromatic N) is 1. The molecule has 34 heavy (non-hydrogen) atoms. The Morgan fingerprint density at radius 3 is 2.29 bits per heavy atom. The van der Waals surface area contributed by atoms with Crippen LogP contribution in [-0.4, -0.2) is 45.9 Å². The topological polar surface area (TPSA) is 83.4 Å². The van der Waals surface area contributed by atoms with Crippen LogP contribution < -0.4 is 14.2 Å². The lowest BCUT2D eigenvalue weighted by Crippen LogP contribution is -2.38. The summed E-state index contributed by atoms with van der Waals surface area (Å²) in [5.41, 5.74) is 3.64. The fourth-order valence-corrected chi connectivity index (χ4v) is 5.10. The maximum absolute atomic E-state index is 13.7. The summed E-state index contributed by atoms with van der Waals surface area (Å²) in [6.07, 6.45) is 0.928. The standard InChI is InChI=1S/C27H29NO6/c1-15-23(27(30)34-5)24(19-7-6-8-22(32-3)26(19)33-4)25-20(28-15)13-17(14-21(25)29)16-9-11-18(31-2)12-10-16/h6-12,17,23-24H,13-14H2,1-5H3. The van der Waals surface area contributed by atoms with Gasteiger partial charge in [-0.15, -0.1) is 0 Å². The molecule has 0 amide bonds. The summed E-state index contributed by atoms with van der Waals surface area (Å²) < 4.78 is 21.6. The number of ether oxygens (including phenoxy) is 4. The first kappa shape index (κ1) is 23.5. The minimum atomic E-state index is -0.730. The van der Waals surface area contributed by atoms with Gasteiger partial charge >= 0.3 is 5.97 Å². The van der Waals surface area contributed by atoms with Crippen molar-refractivity contribution < 1.29 is 28.5 Å². The van der Waals surface area contributed by atoms with E-state index >= 15 is 0 Å². The number of allylic oxidation sites excluding steroid dienone is 2. The van der Waals surface area contributed by atoms with E-state index in [-0.39, 0.29) is 11.7 Å². The van der Waals surface area contributed by atoms with Crippen molar-refractivity contribution in [3.63, 3.8) is 0 Å². The fraction of sp³-hybridized carbons (Fsp3) is 0.370. The highest BCUT2D eigenvalue weighted by molar-refractivity contribution is 6.09. The summed E-state index contributed by atoms with van der Waals surface area (Å²) in [6, 6.07) is 13.3. The average Bonchev–Trinajstić information content (AvgIpc) is 2.86. The van der Waals surface area contributed by atoms with E-state index in [9.17, 15) is 9.59 Å². The predicted molar refractivity (Wildman–Crippen MR) is 128 cm³/mol. The van der Waals surface area contributed by atoms with Crippen molar-refractivity contribution in [2.75, 3.05) is 28.4 Å². The van der Waals surface area contributed by atoms with Gasteiger partial charge in [0, 0.05) is 34.9 Å². The van der Waals surface area contributed by atoms with Gasteiger partial charge in [-0.3, -0.25) is 14.6 Å². The lowest BCUT2D eigenvalue weighted by molar-refractivity contribution is -0.143. The van der Waals surface area contributed by atoms with Gasteiger partial charge in [-0.1, -0.05) is 24.3 Å². The van der Waals surface area contributed by atoms with Gasteiger partial charge in [-0.2, -0.15) is 0 Å². The molecule has 0 radical (unpaired) electrons. The van der Waals surface area contributed by atoms with Crippen LogP contribution in [0.4, 0.5) is 0 Å². The Morgan fingerprint density at radius 2 is 1.68 bits per heavy atom. The molecule has 2 aliphatic rings. The molecule has 1 aliphatic heterocycles. The molecule has 4 rings (SSSR count). The van der Waals surface area contributed by atoms with Crippen molar-refractivity contribution in [2.24, 2.45) is 10.9 Å². The number of rotatable bonds is 6. The monoisotopic (exact) mass is 463 g/mol. The van der Waals surface area contributed by atoms with Crippen LogP contribution in [0.3, 0.4) is 0 Å². The van der Waals surface area contributed by atoms with Crippen LogP contribution in [0.5, 0.6) is 17.2 Å². The van der Waals surface area contributed by atoms with Crippen LogP contribution in [0.25, 0.3) is 0 Å². The van der Waals surface area contributed by atoms with Crippen LogP contribution in [0.2, 0.25) is 0 Å². The number of aliphatic imine (C=N–C) groups is 1. The first-order chi connectivity index (χ1) is 16.4. The van der Waals surface area contributed by atoms with Gasteiger partial charge < -0.3 is 18.9 Å².